The Morgan fingerprint density at radius 2 is 1.71 bits per heavy atom. The van der Waals surface area contributed by atoms with Gasteiger partial charge in [0.2, 0.25) is 0 Å². The molecule has 4 heteroatoms. The van der Waals surface area contributed by atoms with E-state index in [9.17, 15) is 10.2 Å². The summed E-state index contributed by atoms with van der Waals surface area (Å²) < 4.78 is 0. The summed E-state index contributed by atoms with van der Waals surface area (Å²) in [6.45, 7) is 0.900. The molecular formula is C20H22N2O2. The third kappa shape index (κ3) is 3.91. The van der Waals surface area contributed by atoms with E-state index in [1.807, 2.05) is 48.5 Å². The highest BCUT2D eigenvalue weighted by Crippen LogP contribution is 2.25. The molecule has 0 saturated heterocycles. The number of anilines is 1. The Labute approximate surface area is 142 Å². The normalized spacial score (nSPS) is 12.2. The molecule has 1 aromatic heterocycles. The highest BCUT2D eigenvalue weighted by atomic mass is 16.3. The zero-order chi connectivity index (χ0) is 16.8. The Morgan fingerprint density at radius 3 is 2.50 bits per heavy atom. The second-order valence-corrected chi connectivity index (χ2v) is 5.87. The van der Waals surface area contributed by atoms with E-state index in [4.69, 9.17) is 0 Å². The maximum absolute atomic E-state index is 9.95. The lowest BCUT2D eigenvalue weighted by atomic mass is 10.1. The van der Waals surface area contributed by atoms with E-state index in [2.05, 4.69) is 22.0 Å². The second kappa shape index (κ2) is 7.90. The minimum atomic E-state index is -0.771. The van der Waals surface area contributed by atoms with Crippen molar-refractivity contribution in [1.29, 1.82) is 0 Å². The summed E-state index contributed by atoms with van der Waals surface area (Å²) >= 11 is 0. The van der Waals surface area contributed by atoms with Crippen LogP contribution in [0.2, 0.25) is 0 Å². The number of pyridine rings is 1. The van der Waals surface area contributed by atoms with Gasteiger partial charge in [-0.05, 0) is 24.1 Å². The molecule has 3 aromatic rings. The van der Waals surface area contributed by atoms with E-state index in [1.54, 1.807) is 6.20 Å². The molecule has 0 saturated carbocycles. The van der Waals surface area contributed by atoms with Crippen molar-refractivity contribution in [2.24, 2.45) is 0 Å². The van der Waals surface area contributed by atoms with E-state index in [0.29, 0.717) is 6.54 Å². The summed E-state index contributed by atoms with van der Waals surface area (Å²) in [7, 11) is 0. The fourth-order valence-electron chi connectivity index (χ4n) is 2.89. The maximum Gasteiger partial charge on any atom is 0.0945 e. The Morgan fingerprint density at radius 1 is 0.958 bits per heavy atom. The van der Waals surface area contributed by atoms with Crippen LogP contribution in [0.5, 0.6) is 0 Å². The van der Waals surface area contributed by atoms with Crippen LogP contribution in [-0.2, 0) is 6.42 Å². The molecule has 0 aliphatic heterocycles. The minimum Gasteiger partial charge on any atom is -0.394 e. The Kier molecular flexibility index (Phi) is 5.41. The third-order valence-corrected chi connectivity index (χ3v) is 4.12. The number of hydrogen-bond donors (Lipinski definition) is 2. The summed E-state index contributed by atoms with van der Waals surface area (Å²) in [5.74, 6) is 0. The highest BCUT2D eigenvalue weighted by molar-refractivity contribution is 5.91. The molecule has 2 aromatic carbocycles. The smallest absolute Gasteiger partial charge is 0.0945 e. The number of fused-ring (bicyclic) bond motifs is 1. The van der Waals surface area contributed by atoms with Crippen molar-refractivity contribution < 1.29 is 10.2 Å². The number of nitrogens with zero attached hydrogens (tertiary/aromatic N) is 2. The molecule has 0 radical (unpaired) electrons. The van der Waals surface area contributed by atoms with Gasteiger partial charge in [0.15, 0.2) is 0 Å². The molecule has 0 fully saturated rings. The van der Waals surface area contributed by atoms with Gasteiger partial charge >= 0.3 is 0 Å². The monoisotopic (exact) mass is 322 g/mol. The quantitative estimate of drug-likeness (QED) is 0.702. The summed E-state index contributed by atoms with van der Waals surface area (Å²) in [6, 6.07) is 20.2. The van der Waals surface area contributed by atoms with Crippen molar-refractivity contribution in [3.63, 3.8) is 0 Å². The molecule has 4 nitrogen and oxygen atoms in total. The van der Waals surface area contributed by atoms with Gasteiger partial charge in [0, 0.05) is 30.4 Å². The topological polar surface area (TPSA) is 56.6 Å². The SMILES string of the molecule is OCC(O)CN(CCc1ccccc1)c1ccnc2ccccc12. The second-order valence-electron chi connectivity index (χ2n) is 5.87. The molecule has 0 bridgehead atoms. The average Bonchev–Trinajstić information content (AvgIpc) is 2.65. The molecule has 0 aliphatic carbocycles. The Bertz CT molecular complexity index is 771. The van der Waals surface area contributed by atoms with Gasteiger partial charge in [0.1, 0.15) is 0 Å². The van der Waals surface area contributed by atoms with E-state index in [1.165, 1.54) is 5.56 Å². The molecule has 24 heavy (non-hydrogen) atoms. The first-order valence-corrected chi connectivity index (χ1v) is 8.19. The molecule has 0 spiro atoms. The van der Waals surface area contributed by atoms with Gasteiger partial charge in [0.05, 0.1) is 18.2 Å². The highest BCUT2D eigenvalue weighted by Gasteiger charge is 2.14. The van der Waals surface area contributed by atoms with Gasteiger partial charge in [-0.2, -0.15) is 0 Å². The van der Waals surface area contributed by atoms with Crippen LogP contribution in [0.3, 0.4) is 0 Å². The fourth-order valence-corrected chi connectivity index (χ4v) is 2.89. The minimum absolute atomic E-state index is 0.245. The molecule has 124 valence electrons. The van der Waals surface area contributed by atoms with Gasteiger partial charge < -0.3 is 15.1 Å². The number of rotatable bonds is 7. The fraction of sp³-hybridized carbons (Fsp3) is 0.250. The van der Waals surface area contributed by atoms with E-state index in [-0.39, 0.29) is 6.61 Å². The molecule has 1 unspecified atom stereocenters. The lowest BCUT2D eigenvalue weighted by molar-refractivity contribution is 0.0999. The van der Waals surface area contributed by atoms with Crippen molar-refractivity contribution in [3.8, 4) is 0 Å². The summed E-state index contributed by atoms with van der Waals surface area (Å²) in [5, 5.41) is 20.2. The zero-order valence-corrected chi connectivity index (χ0v) is 13.5. The molecule has 2 N–H and O–H groups in total. The lowest BCUT2D eigenvalue weighted by Gasteiger charge is -2.28. The van der Waals surface area contributed by atoms with Crippen molar-refractivity contribution in [2.45, 2.75) is 12.5 Å². The molecule has 0 amide bonds. The Hall–Kier alpha value is -2.43. The van der Waals surface area contributed by atoms with Gasteiger partial charge in [-0.3, -0.25) is 4.98 Å². The van der Waals surface area contributed by atoms with E-state index in [0.717, 1.165) is 29.6 Å². The van der Waals surface area contributed by atoms with Crippen LogP contribution in [0.15, 0.2) is 66.9 Å². The summed E-state index contributed by atoms with van der Waals surface area (Å²) in [4.78, 5) is 6.53. The largest absolute Gasteiger partial charge is 0.394 e. The predicted octanol–water partition coefficient (Wildman–Crippen LogP) is 2.64. The molecule has 3 rings (SSSR count). The van der Waals surface area contributed by atoms with Crippen molar-refractivity contribution in [2.75, 3.05) is 24.6 Å². The van der Waals surface area contributed by atoms with Crippen LogP contribution < -0.4 is 4.90 Å². The standard InChI is InChI=1S/C20H22N2O2/c23-15-17(24)14-22(13-11-16-6-2-1-3-7-16)20-10-12-21-19-9-5-4-8-18(19)20/h1-10,12,17,23-24H,11,13-15H2. The molecule has 0 aliphatic rings. The van der Waals surface area contributed by atoms with Crippen molar-refractivity contribution >= 4 is 16.6 Å². The van der Waals surface area contributed by atoms with Crippen molar-refractivity contribution in [1.82, 2.24) is 4.98 Å². The number of aliphatic hydroxyl groups excluding tert-OH is 2. The molecule has 1 heterocycles. The van der Waals surface area contributed by atoms with Crippen molar-refractivity contribution in [3.05, 3.63) is 72.4 Å². The van der Waals surface area contributed by atoms with Gasteiger partial charge in [-0.25, -0.2) is 0 Å². The first-order chi connectivity index (χ1) is 11.8. The zero-order valence-electron chi connectivity index (χ0n) is 13.5. The third-order valence-electron chi connectivity index (χ3n) is 4.12. The lowest BCUT2D eigenvalue weighted by Crippen LogP contribution is -2.36. The van der Waals surface area contributed by atoms with Crippen LogP contribution in [0.25, 0.3) is 10.9 Å². The van der Waals surface area contributed by atoms with E-state index >= 15 is 0 Å². The first kappa shape index (κ1) is 16.4. The first-order valence-electron chi connectivity index (χ1n) is 8.19. The number of benzene rings is 2. The number of aliphatic hydroxyl groups is 2. The van der Waals surface area contributed by atoms with Crippen LogP contribution in [0.4, 0.5) is 5.69 Å². The summed E-state index contributed by atoms with van der Waals surface area (Å²) in [6.07, 6.45) is 1.89. The number of para-hydroxylation sites is 1. The van der Waals surface area contributed by atoms with Gasteiger partial charge in [-0.1, -0.05) is 48.5 Å². The van der Waals surface area contributed by atoms with Crippen LogP contribution in [0, 0.1) is 0 Å². The molecular weight excluding hydrogens is 300 g/mol. The number of aromatic nitrogens is 1. The summed E-state index contributed by atoms with van der Waals surface area (Å²) in [5.41, 5.74) is 3.21. The van der Waals surface area contributed by atoms with E-state index < -0.39 is 6.10 Å². The molecule has 1 atom stereocenters. The van der Waals surface area contributed by atoms with Gasteiger partial charge in [0.25, 0.3) is 0 Å². The van der Waals surface area contributed by atoms with Crippen LogP contribution >= 0.6 is 0 Å². The predicted molar refractivity (Wildman–Crippen MR) is 97.2 cm³/mol. The van der Waals surface area contributed by atoms with Crippen LogP contribution in [-0.4, -0.2) is 41.0 Å². The average molecular weight is 322 g/mol. The Balaban J connectivity index is 1.88. The maximum atomic E-state index is 9.95. The van der Waals surface area contributed by atoms with Crippen LogP contribution in [0.1, 0.15) is 5.56 Å². The van der Waals surface area contributed by atoms with Gasteiger partial charge in [-0.15, -0.1) is 0 Å². The number of hydrogen-bond acceptors (Lipinski definition) is 4.